The van der Waals surface area contributed by atoms with Crippen LogP contribution in [-0.2, 0) is 0 Å². The van der Waals surface area contributed by atoms with Gasteiger partial charge in [-0.2, -0.15) is 0 Å². The lowest BCUT2D eigenvalue weighted by atomic mass is 10.2. The molecule has 0 bridgehead atoms. The van der Waals surface area contributed by atoms with E-state index in [2.05, 4.69) is 11.2 Å². The molecule has 0 aliphatic carbocycles. The highest BCUT2D eigenvalue weighted by Gasteiger charge is 2.04. The molecule has 15 heavy (non-hydrogen) atoms. The van der Waals surface area contributed by atoms with Crippen LogP contribution in [-0.4, -0.2) is 12.5 Å². The van der Waals surface area contributed by atoms with Crippen LogP contribution in [0.3, 0.4) is 0 Å². The lowest BCUT2D eigenvalue weighted by molar-refractivity contribution is 0.0953. The molecule has 1 N–H and O–H groups in total. The lowest BCUT2D eigenvalue weighted by Crippen LogP contribution is -2.24. The smallest absolute Gasteiger partial charge is 0.251 e. The molecule has 3 heteroatoms. The van der Waals surface area contributed by atoms with Crippen molar-refractivity contribution in [2.24, 2.45) is 0 Å². The van der Waals surface area contributed by atoms with Crippen LogP contribution in [0.25, 0.3) is 0 Å². The first-order valence-corrected chi connectivity index (χ1v) is 4.71. The largest absolute Gasteiger partial charge is 0.352 e. The van der Waals surface area contributed by atoms with Gasteiger partial charge in [-0.3, -0.25) is 4.79 Å². The molecule has 0 aliphatic heterocycles. The second kappa shape index (κ2) is 5.82. The van der Waals surface area contributed by atoms with Crippen LogP contribution < -0.4 is 5.32 Å². The highest BCUT2D eigenvalue weighted by Crippen LogP contribution is 2.02. The van der Waals surface area contributed by atoms with Crippen molar-refractivity contribution in [3.05, 3.63) is 35.6 Å². The number of carbonyl (C=O) groups is 1. The van der Waals surface area contributed by atoms with Gasteiger partial charge in [0.1, 0.15) is 5.82 Å². The van der Waals surface area contributed by atoms with E-state index in [-0.39, 0.29) is 5.91 Å². The average Bonchev–Trinajstić information content (AvgIpc) is 2.24. The van der Waals surface area contributed by atoms with Crippen molar-refractivity contribution in [1.82, 2.24) is 5.32 Å². The second-order valence-corrected chi connectivity index (χ2v) is 3.07. The minimum absolute atomic E-state index is 0.272. The minimum atomic E-state index is -0.411. The summed E-state index contributed by atoms with van der Waals surface area (Å²) in [5.41, 5.74) is 0.329. The van der Waals surface area contributed by atoms with Crippen molar-refractivity contribution < 1.29 is 9.18 Å². The minimum Gasteiger partial charge on any atom is -0.352 e. The molecule has 2 nitrogen and oxygen atoms in total. The van der Waals surface area contributed by atoms with Gasteiger partial charge in [0.2, 0.25) is 0 Å². The second-order valence-electron chi connectivity index (χ2n) is 3.07. The van der Waals surface area contributed by atoms with Crippen molar-refractivity contribution in [3.63, 3.8) is 0 Å². The van der Waals surface area contributed by atoms with Crippen molar-refractivity contribution in [3.8, 4) is 12.3 Å². The number of halogens is 1. The summed E-state index contributed by atoms with van der Waals surface area (Å²) in [6, 6.07) is 5.58. The molecule has 0 unspecified atom stereocenters. The maximum absolute atomic E-state index is 12.8. The first-order valence-electron chi connectivity index (χ1n) is 4.71. The highest BCUT2D eigenvalue weighted by atomic mass is 19.1. The Bertz CT molecular complexity index is 381. The molecular weight excluding hydrogens is 193 g/mol. The molecule has 1 aromatic carbocycles. The topological polar surface area (TPSA) is 29.1 Å². The number of hydrogen-bond donors (Lipinski definition) is 1. The number of benzene rings is 1. The Morgan fingerprint density at radius 1 is 1.53 bits per heavy atom. The van der Waals surface area contributed by atoms with Crippen LogP contribution in [0.2, 0.25) is 0 Å². The van der Waals surface area contributed by atoms with Gasteiger partial charge in [0, 0.05) is 18.5 Å². The van der Waals surface area contributed by atoms with Crippen LogP contribution in [0.4, 0.5) is 4.39 Å². The number of rotatable bonds is 4. The summed E-state index contributed by atoms with van der Waals surface area (Å²) in [5.74, 6) is 1.80. The third kappa shape index (κ3) is 3.82. The average molecular weight is 205 g/mol. The van der Waals surface area contributed by atoms with Crippen LogP contribution in [0, 0.1) is 18.2 Å². The zero-order valence-electron chi connectivity index (χ0n) is 8.29. The number of nitrogens with one attached hydrogen (secondary N) is 1. The Morgan fingerprint density at radius 2 is 2.33 bits per heavy atom. The molecule has 1 rings (SSSR count). The SMILES string of the molecule is C#CCCCNC(=O)c1cccc(F)c1. The quantitative estimate of drug-likeness (QED) is 0.591. The molecule has 78 valence electrons. The fraction of sp³-hybridized carbons (Fsp3) is 0.250. The fourth-order valence-corrected chi connectivity index (χ4v) is 1.12. The van der Waals surface area contributed by atoms with E-state index in [0.717, 1.165) is 6.42 Å². The Balaban J connectivity index is 2.44. The van der Waals surface area contributed by atoms with Crippen LogP contribution in [0.5, 0.6) is 0 Å². The van der Waals surface area contributed by atoms with Crippen LogP contribution >= 0.6 is 0 Å². The Hall–Kier alpha value is -1.82. The van der Waals surface area contributed by atoms with E-state index in [0.29, 0.717) is 18.5 Å². The lowest BCUT2D eigenvalue weighted by Gasteiger charge is -2.03. The van der Waals surface area contributed by atoms with Gasteiger partial charge in [-0.15, -0.1) is 12.3 Å². The number of terminal acetylenes is 1. The van der Waals surface area contributed by atoms with Gasteiger partial charge < -0.3 is 5.32 Å². The standard InChI is InChI=1S/C12H12FNO/c1-2-3-4-8-14-12(15)10-6-5-7-11(13)9-10/h1,5-7,9H,3-4,8H2,(H,14,15). The number of amides is 1. The van der Waals surface area contributed by atoms with Gasteiger partial charge in [0.05, 0.1) is 0 Å². The maximum atomic E-state index is 12.8. The summed E-state index contributed by atoms with van der Waals surface area (Å²) < 4.78 is 12.8. The highest BCUT2D eigenvalue weighted by molar-refractivity contribution is 5.94. The Kier molecular flexibility index (Phi) is 4.36. The predicted octanol–water partition coefficient (Wildman–Crippen LogP) is 1.97. The zero-order valence-corrected chi connectivity index (χ0v) is 8.29. The number of carbonyl (C=O) groups excluding carboxylic acids is 1. The fourth-order valence-electron chi connectivity index (χ4n) is 1.12. The first-order chi connectivity index (χ1) is 7.24. The van der Waals surface area contributed by atoms with E-state index in [4.69, 9.17) is 6.42 Å². The van der Waals surface area contributed by atoms with Gasteiger partial charge in [0.15, 0.2) is 0 Å². The molecule has 1 aromatic rings. The molecule has 0 fully saturated rings. The molecule has 0 aliphatic rings. The van der Waals surface area contributed by atoms with Crippen LogP contribution in [0.15, 0.2) is 24.3 Å². The molecule has 0 aromatic heterocycles. The van der Waals surface area contributed by atoms with Gasteiger partial charge in [-0.25, -0.2) is 4.39 Å². The van der Waals surface area contributed by atoms with E-state index in [1.807, 2.05) is 0 Å². The van der Waals surface area contributed by atoms with Crippen molar-refractivity contribution in [2.45, 2.75) is 12.8 Å². The van der Waals surface area contributed by atoms with Gasteiger partial charge in [-0.05, 0) is 24.6 Å². The van der Waals surface area contributed by atoms with Crippen molar-refractivity contribution in [1.29, 1.82) is 0 Å². The molecule has 0 spiro atoms. The van der Waals surface area contributed by atoms with Crippen molar-refractivity contribution in [2.75, 3.05) is 6.54 Å². The molecule has 0 heterocycles. The number of hydrogen-bond acceptors (Lipinski definition) is 1. The van der Waals surface area contributed by atoms with E-state index in [1.54, 1.807) is 6.07 Å². The summed E-state index contributed by atoms with van der Waals surface area (Å²) in [5, 5.41) is 2.66. The molecule has 0 atom stereocenters. The van der Waals surface area contributed by atoms with E-state index < -0.39 is 5.82 Å². The molecular formula is C12H12FNO. The Labute approximate surface area is 88.5 Å². The maximum Gasteiger partial charge on any atom is 0.251 e. The zero-order chi connectivity index (χ0) is 11.1. The predicted molar refractivity (Wildman–Crippen MR) is 56.8 cm³/mol. The summed E-state index contributed by atoms with van der Waals surface area (Å²) in [6.45, 7) is 0.513. The molecule has 1 amide bonds. The van der Waals surface area contributed by atoms with Gasteiger partial charge in [-0.1, -0.05) is 6.07 Å². The summed E-state index contributed by atoms with van der Waals surface area (Å²) >= 11 is 0. The van der Waals surface area contributed by atoms with E-state index in [9.17, 15) is 9.18 Å². The van der Waals surface area contributed by atoms with E-state index >= 15 is 0 Å². The van der Waals surface area contributed by atoms with Crippen LogP contribution in [0.1, 0.15) is 23.2 Å². The summed E-state index contributed by atoms with van der Waals surface area (Å²) in [7, 11) is 0. The normalized spacial score (nSPS) is 9.33. The van der Waals surface area contributed by atoms with E-state index in [1.165, 1.54) is 18.2 Å². The third-order valence-electron chi connectivity index (χ3n) is 1.87. The monoisotopic (exact) mass is 205 g/mol. The third-order valence-corrected chi connectivity index (χ3v) is 1.87. The molecule has 0 radical (unpaired) electrons. The Morgan fingerprint density at radius 3 is 3.00 bits per heavy atom. The molecule has 0 saturated carbocycles. The van der Waals surface area contributed by atoms with Gasteiger partial charge in [0.25, 0.3) is 5.91 Å². The summed E-state index contributed by atoms with van der Waals surface area (Å²) in [6.07, 6.45) is 6.43. The first kappa shape index (κ1) is 11.3. The van der Waals surface area contributed by atoms with Crippen molar-refractivity contribution >= 4 is 5.91 Å². The number of unbranched alkanes of at least 4 members (excludes halogenated alkanes) is 1. The summed E-state index contributed by atoms with van der Waals surface area (Å²) in [4.78, 5) is 11.4. The molecule has 0 saturated heterocycles. The van der Waals surface area contributed by atoms with Gasteiger partial charge >= 0.3 is 0 Å².